The summed E-state index contributed by atoms with van der Waals surface area (Å²) in [6.07, 6.45) is 26.5. The Bertz CT molecular complexity index is 2570. The molecule has 4 aliphatic carbocycles. The molecule has 8 N–H and O–H groups in total. The van der Waals surface area contributed by atoms with Crippen molar-refractivity contribution in [2.24, 2.45) is 39.8 Å². The highest BCUT2D eigenvalue weighted by Crippen LogP contribution is 2.59. The fourth-order valence-electron chi connectivity index (χ4n) is 12.7. The lowest BCUT2D eigenvalue weighted by atomic mass is 9.67. The first-order valence-electron chi connectivity index (χ1n) is 26.2. The highest BCUT2D eigenvalue weighted by atomic mass is 16.7. The summed E-state index contributed by atoms with van der Waals surface area (Å²) in [7, 11) is 3.48. The number of cyclic esters (lactones) is 1. The number of fused-ring (bicyclic) bond motifs is 1. The zero-order valence-electron chi connectivity index (χ0n) is 42.2. The van der Waals surface area contributed by atoms with E-state index in [1.807, 2.05) is 62.6 Å². The summed E-state index contributed by atoms with van der Waals surface area (Å²) in [5, 5.41) is 13.6. The molecule has 3 aromatic rings. The molecule has 1 saturated heterocycles. The molecule has 1 spiro atoms. The number of esters is 1. The van der Waals surface area contributed by atoms with Crippen molar-refractivity contribution in [2.75, 3.05) is 45.0 Å². The van der Waals surface area contributed by atoms with Gasteiger partial charge in [0.15, 0.2) is 17.3 Å². The standard InChI is InChI=1S/C57H75N9O5/c1-36(26-47(66-54(59)61-4)41-22-25-62-49(29-41)65-35-60-3)21-24-56-51(67)44-18-11-17-42-31-55(2,30-38-19-20-48(58)64-33-38)23-9-8-14-39-15-10-16-40-28-46(63-32-37-12-6-5-7-13-37)43(27-45(39)40)34-70-53(69)57(56,71-56)52(68)50(42)44/h10-11,16-22,25,28-29,33,37,39,43,45-47,60,63H,5-9,12-15,23-24,26-27,30-32,34-35H2,1-4H3,(H2,58,64)(H,62,65)(H3,59,61,66). The molecular formula is C57H75N9O5. The van der Waals surface area contributed by atoms with Gasteiger partial charge in [-0.3, -0.25) is 14.6 Å². The van der Waals surface area contributed by atoms with Crippen LogP contribution in [0.3, 0.4) is 0 Å². The molecule has 8 unspecified atom stereocenters. The average Bonchev–Trinajstić information content (AvgIpc) is 4.09. The molecule has 1 saturated carbocycles. The van der Waals surface area contributed by atoms with Crippen LogP contribution < -0.4 is 32.7 Å². The Morgan fingerprint density at radius 3 is 2.63 bits per heavy atom. The first kappa shape index (κ1) is 50.2. The van der Waals surface area contributed by atoms with Crippen LogP contribution in [0.25, 0.3) is 0 Å². The quantitative estimate of drug-likeness (QED) is 0.0172. The van der Waals surface area contributed by atoms with E-state index < -0.39 is 23.0 Å². The molecule has 2 aromatic heterocycles. The summed E-state index contributed by atoms with van der Waals surface area (Å²) in [6, 6.07) is 13.0. The van der Waals surface area contributed by atoms with E-state index in [9.17, 15) is 0 Å². The summed E-state index contributed by atoms with van der Waals surface area (Å²) < 4.78 is 13.1. The smallest absolute Gasteiger partial charge is 0.350 e. The second kappa shape index (κ2) is 21.6. The first-order chi connectivity index (χ1) is 34.3. The Kier molecular flexibility index (Phi) is 15.3. The van der Waals surface area contributed by atoms with E-state index >= 15 is 14.4 Å². The van der Waals surface area contributed by atoms with E-state index in [1.54, 1.807) is 19.3 Å². The number of carbonyl (C=O) groups is 3. The van der Waals surface area contributed by atoms with Crippen molar-refractivity contribution in [3.05, 3.63) is 118 Å². The molecule has 6 aliphatic rings. The first-order valence-corrected chi connectivity index (χ1v) is 26.2. The maximum absolute atomic E-state index is 15.6. The molecule has 0 amide bonds. The zero-order valence-corrected chi connectivity index (χ0v) is 42.2. The van der Waals surface area contributed by atoms with E-state index in [-0.39, 0.29) is 59.3 Å². The molecule has 8 atom stereocenters. The monoisotopic (exact) mass is 966 g/mol. The molecule has 378 valence electrons. The van der Waals surface area contributed by atoms with Crippen LogP contribution in [0.15, 0.2) is 95.3 Å². The number of Topliss-reactive ketones (excluding diaryl/α,β-unsaturated/α-hetero) is 2. The minimum atomic E-state index is -2.14. The van der Waals surface area contributed by atoms with Gasteiger partial charge in [-0.15, -0.1) is 0 Å². The highest BCUT2D eigenvalue weighted by molar-refractivity contribution is 6.33. The summed E-state index contributed by atoms with van der Waals surface area (Å²) in [5.74, 6) is 1.18. The Hall–Kier alpha value is -5.70. The lowest BCUT2D eigenvalue weighted by molar-refractivity contribution is -0.150. The number of benzene rings is 1. The molecule has 14 nitrogen and oxygen atoms in total. The number of aromatic nitrogens is 2. The summed E-state index contributed by atoms with van der Waals surface area (Å²) in [4.78, 5) is 59.3. The van der Waals surface area contributed by atoms with Crippen molar-refractivity contribution < 1.29 is 23.9 Å². The van der Waals surface area contributed by atoms with Gasteiger partial charge in [-0.2, -0.15) is 0 Å². The second-order valence-electron chi connectivity index (χ2n) is 21.8. The van der Waals surface area contributed by atoms with E-state index in [0.29, 0.717) is 55.3 Å². The number of ketones is 2. The van der Waals surface area contributed by atoms with Gasteiger partial charge >= 0.3 is 5.97 Å². The number of nitrogens with one attached hydrogen (secondary N) is 4. The Morgan fingerprint density at radius 1 is 1.01 bits per heavy atom. The van der Waals surface area contributed by atoms with Crippen molar-refractivity contribution in [2.45, 2.75) is 133 Å². The fourth-order valence-corrected chi connectivity index (χ4v) is 12.7. The number of pyridine rings is 2. The number of carbonyl (C=O) groups excluding carboxylic acids is 3. The van der Waals surface area contributed by atoms with Gasteiger partial charge in [0.1, 0.15) is 11.6 Å². The van der Waals surface area contributed by atoms with E-state index in [4.69, 9.17) is 20.9 Å². The van der Waals surface area contributed by atoms with Crippen LogP contribution >= 0.6 is 0 Å². The van der Waals surface area contributed by atoms with Crippen molar-refractivity contribution >= 4 is 35.1 Å². The minimum Gasteiger partial charge on any atom is -0.463 e. The lowest BCUT2D eigenvalue weighted by Crippen LogP contribution is -2.52. The maximum atomic E-state index is 15.6. The summed E-state index contributed by atoms with van der Waals surface area (Å²) >= 11 is 0. The second-order valence-corrected chi connectivity index (χ2v) is 21.8. The number of nitrogens with two attached hydrogens (primary N) is 2. The normalized spacial score (nSPS) is 29.6. The van der Waals surface area contributed by atoms with E-state index in [1.165, 1.54) is 37.7 Å². The van der Waals surface area contributed by atoms with Gasteiger partial charge in [0.2, 0.25) is 5.78 Å². The van der Waals surface area contributed by atoms with Gasteiger partial charge in [-0.1, -0.05) is 93.2 Å². The van der Waals surface area contributed by atoms with Crippen molar-refractivity contribution in [3.8, 4) is 0 Å². The third-order valence-corrected chi connectivity index (χ3v) is 16.6. The average molecular weight is 966 g/mol. The third-order valence-electron chi connectivity index (χ3n) is 16.6. The molecule has 4 bridgehead atoms. The number of epoxide rings is 1. The molecule has 0 radical (unpaired) electrons. The molecule has 1 aromatic carbocycles. The van der Waals surface area contributed by atoms with Crippen molar-refractivity contribution in [1.82, 2.24) is 25.9 Å². The van der Waals surface area contributed by atoms with Crippen LogP contribution in [0.4, 0.5) is 11.6 Å². The van der Waals surface area contributed by atoms with Gasteiger partial charge < -0.3 is 42.2 Å². The van der Waals surface area contributed by atoms with Crippen molar-refractivity contribution in [1.29, 1.82) is 0 Å². The minimum absolute atomic E-state index is 0.00196. The van der Waals surface area contributed by atoms with E-state index in [2.05, 4.69) is 61.4 Å². The van der Waals surface area contributed by atoms with Crippen LogP contribution in [0.5, 0.6) is 0 Å². The van der Waals surface area contributed by atoms with Crippen LogP contribution in [0.1, 0.15) is 141 Å². The SMILES string of the molecule is CN=C(N)NC(CC(C)=CCC12OC13C(=O)OCC1CC4C(=CC1NCC1CCCCC1)C=CCC4CCCCC(C)(Cc1ccc(N)nc1)Cc1cccc(c1C3=O)C2=O)c1ccnc(NCNC)c1. The summed E-state index contributed by atoms with van der Waals surface area (Å²) in [5.41, 5.74) is 13.6. The van der Waals surface area contributed by atoms with E-state index in [0.717, 1.165) is 67.3 Å². The fraction of sp³-hybridized carbons (Fsp3) is 0.544. The van der Waals surface area contributed by atoms with Gasteiger partial charge in [0, 0.05) is 48.9 Å². The zero-order chi connectivity index (χ0) is 49.8. The van der Waals surface area contributed by atoms with Crippen LogP contribution in [0.2, 0.25) is 0 Å². The number of hydrogen-bond donors (Lipinski definition) is 6. The van der Waals surface area contributed by atoms with Crippen LogP contribution in [-0.2, 0) is 27.1 Å². The highest BCUT2D eigenvalue weighted by Gasteiger charge is 2.85. The number of allylic oxidation sites excluding steroid dienone is 3. The number of rotatable bonds is 14. The molecule has 2 aliphatic heterocycles. The predicted octanol–water partition coefficient (Wildman–Crippen LogP) is 8.12. The number of anilines is 2. The Morgan fingerprint density at radius 2 is 1.85 bits per heavy atom. The molecular weight excluding hydrogens is 891 g/mol. The number of aliphatic imine (C=N–C) groups is 1. The number of hydrogen-bond acceptors (Lipinski definition) is 12. The van der Waals surface area contributed by atoms with Gasteiger partial charge in [-0.05, 0) is 142 Å². The summed E-state index contributed by atoms with van der Waals surface area (Å²) in [6.45, 7) is 5.80. The van der Waals surface area contributed by atoms with Gasteiger partial charge in [-0.25, -0.2) is 14.8 Å². The molecule has 14 heteroatoms. The van der Waals surface area contributed by atoms with Gasteiger partial charge in [0.25, 0.3) is 5.60 Å². The maximum Gasteiger partial charge on any atom is 0.350 e. The van der Waals surface area contributed by atoms with Crippen LogP contribution in [-0.4, -0.2) is 84.6 Å². The number of nitrogen functional groups attached to an aromatic ring is 1. The molecule has 71 heavy (non-hydrogen) atoms. The van der Waals surface area contributed by atoms with Crippen molar-refractivity contribution in [3.63, 3.8) is 0 Å². The van der Waals surface area contributed by atoms with Gasteiger partial charge in [0.05, 0.1) is 19.3 Å². The number of nitrogens with zero attached hydrogens (tertiary/aromatic N) is 3. The third kappa shape index (κ3) is 10.6. The lowest BCUT2D eigenvalue weighted by Gasteiger charge is -2.41. The predicted molar refractivity (Wildman–Crippen MR) is 279 cm³/mol. The molecule has 9 rings (SSSR count). The Balaban J connectivity index is 1.07. The number of guanidine groups is 1. The number of ether oxygens (including phenoxy) is 2. The van der Waals surface area contributed by atoms with Crippen LogP contribution in [0, 0.1) is 29.1 Å². The molecule has 4 heterocycles. The molecule has 2 fully saturated rings. The largest absolute Gasteiger partial charge is 0.463 e. The Labute approximate surface area is 419 Å². The topological polar surface area (TPSA) is 211 Å².